The van der Waals surface area contributed by atoms with Crippen molar-refractivity contribution in [1.29, 1.82) is 0 Å². The molecular weight excluding hydrogens is 424 g/mol. The van der Waals surface area contributed by atoms with Crippen molar-refractivity contribution >= 4 is 33.3 Å². The summed E-state index contributed by atoms with van der Waals surface area (Å²) in [6, 6.07) is 7.42. The number of ether oxygens (including phenoxy) is 2. The lowest BCUT2D eigenvalue weighted by Crippen LogP contribution is -2.49. The number of benzene rings is 1. The van der Waals surface area contributed by atoms with Gasteiger partial charge in [0.05, 0.1) is 18.1 Å². The minimum Gasteiger partial charge on any atom is -0.496 e. The molecule has 0 spiro atoms. The van der Waals surface area contributed by atoms with E-state index in [1.54, 1.807) is 14.2 Å². The topological polar surface area (TPSA) is 67.8 Å². The average molecular weight is 453 g/mol. The largest absolute Gasteiger partial charge is 0.496 e. The molecule has 1 aliphatic heterocycles. The summed E-state index contributed by atoms with van der Waals surface area (Å²) >= 11 is 1.81. The number of carbonyl (C=O) groups excluding carboxylic acids is 1. The van der Waals surface area contributed by atoms with Crippen LogP contribution in [0.25, 0.3) is 10.2 Å². The van der Waals surface area contributed by atoms with Gasteiger partial charge in [-0.15, -0.1) is 11.3 Å². The van der Waals surface area contributed by atoms with Gasteiger partial charge in [-0.2, -0.15) is 0 Å². The van der Waals surface area contributed by atoms with Crippen LogP contribution in [0, 0.1) is 0 Å². The lowest BCUT2D eigenvalue weighted by Gasteiger charge is -2.36. The second kappa shape index (κ2) is 9.03. The van der Waals surface area contributed by atoms with Crippen molar-refractivity contribution in [3.63, 3.8) is 0 Å². The molecule has 0 radical (unpaired) electrons. The minimum absolute atomic E-state index is 0.0166. The van der Waals surface area contributed by atoms with Crippen molar-refractivity contribution in [3.8, 4) is 5.75 Å². The summed E-state index contributed by atoms with van der Waals surface area (Å²) in [5, 5.41) is 1.22. The highest BCUT2D eigenvalue weighted by Gasteiger charge is 2.28. The Morgan fingerprint density at radius 2 is 1.84 bits per heavy atom. The summed E-state index contributed by atoms with van der Waals surface area (Å²) in [6.45, 7) is 3.18. The number of nitrogens with zero attached hydrogens (tertiary/aromatic N) is 4. The van der Waals surface area contributed by atoms with E-state index in [1.165, 1.54) is 28.7 Å². The van der Waals surface area contributed by atoms with Crippen molar-refractivity contribution in [2.45, 2.75) is 32.3 Å². The Bertz CT molecular complexity index is 1140. The third kappa shape index (κ3) is 3.82. The fourth-order valence-corrected chi connectivity index (χ4v) is 5.99. The van der Waals surface area contributed by atoms with Crippen LogP contribution in [0.3, 0.4) is 0 Å². The number of piperazine rings is 1. The Morgan fingerprint density at radius 1 is 1.06 bits per heavy atom. The fourth-order valence-electron chi connectivity index (χ4n) is 4.72. The molecule has 0 N–H and O–H groups in total. The number of rotatable bonds is 5. The summed E-state index contributed by atoms with van der Waals surface area (Å²) < 4.78 is 10.7. The summed E-state index contributed by atoms with van der Waals surface area (Å²) in [6.07, 6.45) is 4.70. The van der Waals surface area contributed by atoms with Gasteiger partial charge in [0, 0.05) is 38.2 Å². The number of methoxy groups -OCH3 is 2. The number of anilines is 1. The molecule has 3 aromatic rings. The molecule has 0 unspecified atom stereocenters. The van der Waals surface area contributed by atoms with E-state index in [4.69, 9.17) is 19.4 Å². The molecule has 1 saturated heterocycles. The van der Waals surface area contributed by atoms with Gasteiger partial charge >= 0.3 is 0 Å². The number of amides is 1. The zero-order chi connectivity index (χ0) is 22.1. The normalized spacial score (nSPS) is 16.3. The summed E-state index contributed by atoms with van der Waals surface area (Å²) in [5.74, 6) is 2.36. The second-order valence-electron chi connectivity index (χ2n) is 8.27. The van der Waals surface area contributed by atoms with E-state index in [2.05, 4.69) is 4.90 Å². The van der Waals surface area contributed by atoms with E-state index in [-0.39, 0.29) is 5.91 Å². The lowest BCUT2D eigenvalue weighted by atomic mass is 9.97. The van der Waals surface area contributed by atoms with E-state index in [0.717, 1.165) is 42.4 Å². The van der Waals surface area contributed by atoms with Gasteiger partial charge in [0.2, 0.25) is 0 Å². The summed E-state index contributed by atoms with van der Waals surface area (Å²) in [4.78, 5) is 29.6. The van der Waals surface area contributed by atoms with Gasteiger partial charge in [0.1, 0.15) is 23.0 Å². The van der Waals surface area contributed by atoms with Crippen LogP contribution in [-0.4, -0.2) is 61.2 Å². The highest BCUT2D eigenvalue weighted by molar-refractivity contribution is 7.19. The average Bonchev–Trinajstić information content (AvgIpc) is 3.22. The fraction of sp³-hybridized carbons (Fsp3) is 0.458. The maximum Gasteiger partial charge on any atom is 0.257 e. The molecule has 32 heavy (non-hydrogen) atoms. The number of para-hydroxylation sites is 1. The number of fused-ring (bicyclic) bond motifs is 3. The van der Waals surface area contributed by atoms with E-state index in [1.807, 2.05) is 40.5 Å². The molecule has 0 atom stereocenters. The van der Waals surface area contributed by atoms with Crippen LogP contribution < -0.4 is 9.64 Å². The van der Waals surface area contributed by atoms with Crippen molar-refractivity contribution < 1.29 is 14.3 Å². The predicted molar refractivity (Wildman–Crippen MR) is 126 cm³/mol. The van der Waals surface area contributed by atoms with Crippen LogP contribution in [-0.2, 0) is 24.2 Å². The third-order valence-electron chi connectivity index (χ3n) is 6.32. The molecule has 0 bridgehead atoms. The SMILES string of the molecule is COCc1nc(N2CCN(C(=O)c3ccccc3OC)CC2)c2c3c(sc2n1)CCCC3. The standard InChI is InChI=1S/C24H28N4O3S/c1-30-15-20-25-22(21-17-8-4-6-10-19(17)32-23(21)26-20)27-11-13-28(14-12-27)24(29)16-7-3-5-9-18(16)31-2/h3,5,7,9H,4,6,8,10-15H2,1-2H3. The monoisotopic (exact) mass is 452 g/mol. The van der Waals surface area contributed by atoms with Crippen molar-refractivity contribution in [2.24, 2.45) is 0 Å². The molecule has 5 rings (SSSR count). The van der Waals surface area contributed by atoms with Crippen molar-refractivity contribution in [1.82, 2.24) is 14.9 Å². The molecule has 8 heteroatoms. The first-order valence-corrected chi connectivity index (χ1v) is 12.0. The second-order valence-corrected chi connectivity index (χ2v) is 9.35. The zero-order valence-electron chi connectivity index (χ0n) is 18.6. The Balaban J connectivity index is 1.42. The molecule has 2 aromatic heterocycles. The number of carbonyl (C=O) groups is 1. The van der Waals surface area contributed by atoms with Gasteiger partial charge in [-0.25, -0.2) is 9.97 Å². The highest BCUT2D eigenvalue weighted by atomic mass is 32.1. The van der Waals surface area contributed by atoms with Crippen LogP contribution in [0.15, 0.2) is 24.3 Å². The summed E-state index contributed by atoms with van der Waals surface area (Å²) in [5.41, 5.74) is 2.05. The van der Waals surface area contributed by atoms with Gasteiger partial charge in [-0.1, -0.05) is 12.1 Å². The smallest absolute Gasteiger partial charge is 0.257 e. The molecular formula is C24H28N4O3S. The number of thiophene rings is 1. The van der Waals surface area contributed by atoms with Crippen LogP contribution in [0.2, 0.25) is 0 Å². The van der Waals surface area contributed by atoms with Crippen LogP contribution in [0.4, 0.5) is 5.82 Å². The zero-order valence-corrected chi connectivity index (χ0v) is 19.4. The molecule has 1 amide bonds. The Kier molecular flexibility index (Phi) is 5.97. The quantitative estimate of drug-likeness (QED) is 0.588. The van der Waals surface area contributed by atoms with E-state index >= 15 is 0 Å². The van der Waals surface area contributed by atoms with Crippen LogP contribution >= 0.6 is 11.3 Å². The molecule has 7 nitrogen and oxygen atoms in total. The first-order valence-electron chi connectivity index (χ1n) is 11.2. The first kappa shape index (κ1) is 21.2. The van der Waals surface area contributed by atoms with E-state index < -0.39 is 0 Å². The molecule has 1 aromatic carbocycles. The first-order chi connectivity index (χ1) is 15.7. The lowest BCUT2D eigenvalue weighted by molar-refractivity contribution is 0.0743. The van der Waals surface area contributed by atoms with Gasteiger partial charge in [0.25, 0.3) is 5.91 Å². The van der Waals surface area contributed by atoms with E-state index in [9.17, 15) is 4.79 Å². The Labute approximate surface area is 192 Å². The van der Waals surface area contributed by atoms with Gasteiger partial charge < -0.3 is 19.3 Å². The van der Waals surface area contributed by atoms with Crippen molar-refractivity contribution in [3.05, 3.63) is 46.1 Å². The van der Waals surface area contributed by atoms with Gasteiger partial charge in [0.15, 0.2) is 5.82 Å². The highest BCUT2D eigenvalue weighted by Crippen LogP contribution is 2.40. The molecule has 1 fully saturated rings. The number of hydrogen-bond donors (Lipinski definition) is 0. The molecule has 3 heterocycles. The number of hydrogen-bond acceptors (Lipinski definition) is 7. The minimum atomic E-state index is 0.0166. The third-order valence-corrected chi connectivity index (χ3v) is 7.50. The van der Waals surface area contributed by atoms with Crippen LogP contribution in [0.1, 0.15) is 39.5 Å². The predicted octanol–water partition coefficient (Wildman–Crippen LogP) is 3.69. The molecule has 0 saturated carbocycles. The molecule has 168 valence electrons. The molecule has 2 aliphatic rings. The number of aryl methyl sites for hydroxylation is 2. The van der Waals surface area contributed by atoms with Crippen LogP contribution in [0.5, 0.6) is 5.75 Å². The maximum atomic E-state index is 13.1. The molecule has 1 aliphatic carbocycles. The van der Waals surface area contributed by atoms with E-state index in [0.29, 0.717) is 31.0 Å². The van der Waals surface area contributed by atoms with Gasteiger partial charge in [-0.3, -0.25) is 4.79 Å². The Hall–Kier alpha value is -2.71. The maximum absolute atomic E-state index is 13.1. The Morgan fingerprint density at radius 3 is 2.62 bits per heavy atom. The van der Waals surface area contributed by atoms with Gasteiger partial charge in [-0.05, 0) is 43.4 Å². The van der Waals surface area contributed by atoms with Crippen molar-refractivity contribution in [2.75, 3.05) is 45.3 Å². The summed E-state index contributed by atoms with van der Waals surface area (Å²) in [7, 11) is 3.28. The number of aromatic nitrogens is 2.